The first-order valence-corrected chi connectivity index (χ1v) is 8.62. The minimum Gasteiger partial charge on any atom is -0.344 e. The number of rotatable bonds is 0. The van der Waals surface area contributed by atoms with Crippen molar-refractivity contribution in [2.45, 2.75) is 40.0 Å². The second-order valence-corrected chi connectivity index (χ2v) is 4.39. The molecule has 3 rings (SSSR count). The van der Waals surface area contributed by atoms with E-state index in [-0.39, 0.29) is 98.1 Å². The van der Waals surface area contributed by atoms with Crippen LogP contribution in [0.1, 0.15) is 40.0 Å². The Bertz CT molecular complexity index is 282. The van der Waals surface area contributed by atoms with Crippen LogP contribution in [0.4, 0.5) is 0 Å². The Labute approximate surface area is 246 Å². The van der Waals surface area contributed by atoms with Crippen LogP contribution in [0.25, 0.3) is 0 Å². The van der Waals surface area contributed by atoms with E-state index >= 15 is 0 Å². The summed E-state index contributed by atoms with van der Waals surface area (Å²) in [5, 5.41) is 0. The molecule has 0 spiro atoms. The third kappa shape index (κ3) is 65.7. The van der Waals surface area contributed by atoms with Gasteiger partial charge < -0.3 is 20.8 Å². The Morgan fingerprint density at radius 1 is 0.444 bits per heavy atom. The van der Waals surface area contributed by atoms with Gasteiger partial charge >= 0.3 is 0 Å². The molecule has 3 heteroatoms. The van der Waals surface area contributed by atoms with Crippen molar-refractivity contribution in [2.75, 3.05) is 0 Å². The van der Waals surface area contributed by atoms with Crippen molar-refractivity contribution in [1.29, 1.82) is 0 Å². The minimum absolute atomic E-state index is 0. The Balaban J connectivity index is -0.0000000489. The molecule has 0 atom stereocenters. The topological polar surface area (TPSA) is 0 Å². The molecule has 0 aliphatic carbocycles. The third-order valence-electron chi connectivity index (χ3n) is 1.67. The van der Waals surface area contributed by atoms with Crippen LogP contribution >= 0.6 is 0 Å². The summed E-state index contributed by atoms with van der Waals surface area (Å²) in [6.45, 7) is 16.5. The number of hydrogen-bond donors (Lipinski definition) is 0. The van der Waals surface area contributed by atoms with Crippen molar-refractivity contribution in [3.8, 4) is 0 Å². The summed E-state index contributed by atoms with van der Waals surface area (Å²) < 4.78 is 0. The van der Waals surface area contributed by atoms with E-state index in [1.54, 1.807) is 0 Å². The Morgan fingerprint density at radius 3 is 0.593 bits per heavy atom. The van der Waals surface area contributed by atoms with Gasteiger partial charge in [0.1, 0.15) is 0 Å². The van der Waals surface area contributed by atoms with Crippen molar-refractivity contribution >= 4 is 0 Å². The molecule has 0 aliphatic rings. The molecule has 0 saturated heterocycles. The van der Waals surface area contributed by atoms with Crippen LogP contribution in [0.3, 0.4) is 0 Å². The van der Waals surface area contributed by atoms with E-state index in [2.05, 4.69) is 20.8 Å². The fraction of sp³-hybridized carbons (Fsp3) is 0.250. The quantitative estimate of drug-likeness (QED) is 0.233. The van der Waals surface area contributed by atoms with Gasteiger partial charge in [-0.15, -0.1) is 0 Å². The molecular formula is C24H36Y3-6. The summed E-state index contributed by atoms with van der Waals surface area (Å²) in [4.78, 5) is 0. The first-order valence-electron chi connectivity index (χ1n) is 8.62. The zero-order valence-corrected chi connectivity index (χ0v) is 26.1. The second-order valence-electron chi connectivity index (χ2n) is 4.39. The summed E-state index contributed by atoms with van der Waals surface area (Å²) in [7, 11) is 0. The molecule has 0 aliphatic heterocycles. The molecule has 147 valence electrons. The van der Waals surface area contributed by atoms with Gasteiger partial charge in [-0.3, -0.25) is 0 Å². The van der Waals surface area contributed by atoms with E-state index in [1.165, 1.54) is 0 Å². The largest absolute Gasteiger partial charge is 0.344 e. The van der Waals surface area contributed by atoms with Crippen molar-refractivity contribution < 1.29 is 98.1 Å². The summed E-state index contributed by atoms with van der Waals surface area (Å²) >= 11 is 0. The molecule has 3 aromatic rings. The first-order chi connectivity index (χ1) is 11.7. The normalized spacial score (nSPS) is 6.44. The zero-order valence-electron chi connectivity index (χ0n) is 17.6. The molecule has 0 amide bonds. The van der Waals surface area contributed by atoms with E-state index < -0.39 is 0 Å². The van der Waals surface area contributed by atoms with Gasteiger partial charge in [0.2, 0.25) is 0 Å². The van der Waals surface area contributed by atoms with Crippen LogP contribution in [0.2, 0.25) is 0 Å². The smallest absolute Gasteiger partial charge is 0 e. The second kappa shape index (κ2) is 50.7. The summed E-state index contributed by atoms with van der Waals surface area (Å²) in [5.74, 6) is 0. The van der Waals surface area contributed by atoms with Crippen LogP contribution in [-0.2, 0) is 98.1 Å². The van der Waals surface area contributed by atoms with Gasteiger partial charge in [-0.05, 0) is 0 Å². The average Bonchev–Trinajstić information content (AvgIpc) is 3.37. The van der Waals surface area contributed by atoms with Gasteiger partial charge in [0.25, 0.3) is 0 Å². The van der Waals surface area contributed by atoms with Crippen LogP contribution in [0, 0.1) is 20.8 Å². The van der Waals surface area contributed by atoms with Crippen molar-refractivity contribution in [2.24, 2.45) is 0 Å². The maximum Gasteiger partial charge on any atom is 0 e. The zero-order chi connectivity index (χ0) is 18.7. The van der Waals surface area contributed by atoms with Crippen LogP contribution in [0.5, 0.6) is 0 Å². The SMILES string of the molecule is [CH2-]CC.[CH2-]CC.[CH2-]CC.[Y].[Y].[Y].c1cc[cH-]c1.c1cc[cH-]c1.c1cc[cH-]c1. The van der Waals surface area contributed by atoms with Crippen molar-refractivity contribution in [1.82, 2.24) is 0 Å². The van der Waals surface area contributed by atoms with E-state index in [0.717, 1.165) is 19.3 Å². The molecule has 0 bridgehead atoms. The molecule has 0 heterocycles. The van der Waals surface area contributed by atoms with Gasteiger partial charge in [-0.2, -0.15) is 73.9 Å². The molecule has 0 unspecified atom stereocenters. The van der Waals surface area contributed by atoms with Gasteiger partial charge in [0, 0.05) is 98.1 Å². The van der Waals surface area contributed by atoms with Gasteiger partial charge in [0.15, 0.2) is 0 Å². The average molecular weight is 591 g/mol. The van der Waals surface area contributed by atoms with Crippen LogP contribution in [0.15, 0.2) is 91.0 Å². The molecule has 3 radical (unpaired) electrons. The maximum absolute atomic E-state index is 3.49. The summed E-state index contributed by atoms with van der Waals surface area (Å²) in [6, 6.07) is 30.0. The Hall–Kier alpha value is 1.36. The minimum atomic E-state index is 0. The van der Waals surface area contributed by atoms with Gasteiger partial charge in [-0.25, -0.2) is 36.4 Å². The molecule has 0 fully saturated rings. The molecule has 0 N–H and O–H groups in total. The Morgan fingerprint density at radius 2 is 0.556 bits per heavy atom. The number of hydrogen-bond acceptors (Lipinski definition) is 0. The molecule has 3 aromatic carbocycles. The predicted molar refractivity (Wildman–Crippen MR) is 113 cm³/mol. The van der Waals surface area contributed by atoms with E-state index in [4.69, 9.17) is 0 Å². The fourth-order valence-electron chi connectivity index (χ4n) is 0.962. The third-order valence-corrected chi connectivity index (χ3v) is 1.67. The first kappa shape index (κ1) is 42.5. The standard InChI is InChI=1S/3C5H5.3C3H7.3Y/c3*1-2-4-5-3-1;3*1-3-2;;;/h3*1-5H;3*1,3H2,2H3;;;/q6*-1;;;. The van der Waals surface area contributed by atoms with Crippen LogP contribution < -0.4 is 0 Å². The monoisotopic (exact) mass is 591 g/mol. The molecule has 0 saturated carbocycles. The van der Waals surface area contributed by atoms with Gasteiger partial charge in [-0.1, -0.05) is 20.8 Å². The van der Waals surface area contributed by atoms with Crippen LogP contribution in [-0.4, -0.2) is 0 Å². The van der Waals surface area contributed by atoms with E-state index in [1.807, 2.05) is 112 Å². The molecular weight excluding hydrogens is 555 g/mol. The Kier molecular flexibility index (Phi) is 79.8. The fourth-order valence-corrected chi connectivity index (χ4v) is 0.962. The van der Waals surface area contributed by atoms with Gasteiger partial charge in [0.05, 0.1) is 0 Å². The van der Waals surface area contributed by atoms with E-state index in [9.17, 15) is 0 Å². The molecule has 0 nitrogen and oxygen atoms in total. The molecule has 0 aromatic heterocycles. The predicted octanol–water partition coefficient (Wildman–Crippen LogP) is 7.90. The summed E-state index contributed by atoms with van der Waals surface area (Å²) in [6.07, 6.45) is 3.00. The van der Waals surface area contributed by atoms with Crippen molar-refractivity contribution in [3.63, 3.8) is 0 Å². The summed E-state index contributed by atoms with van der Waals surface area (Å²) in [5.41, 5.74) is 0. The van der Waals surface area contributed by atoms with E-state index in [0.29, 0.717) is 0 Å². The van der Waals surface area contributed by atoms with Crippen molar-refractivity contribution in [3.05, 3.63) is 112 Å². The maximum atomic E-state index is 3.49. The molecule has 27 heavy (non-hydrogen) atoms.